The maximum absolute atomic E-state index is 15.8. The number of aliphatic hydroxyl groups is 1. The van der Waals surface area contributed by atoms with Gasteiger partial charge in [0.1, 0.15) is 29.7 Å². The highest BCUT2D eigenvalue weighted by Crippen LogP contribution is 2.41. The van der Waals surface area contributed by atoms with Crippen LogP contribution >= 0.6 is 0 Å². The van der Waals surface area contributed by atoms with Crippen LogP contribution in [0.4, 0.5) is 13.2 Å². The van der Waals surface area contributed by atoms with E-state index in [0.29, 0.717) is 25.1 Å². The lowest BCUT2D eigenvalue weighted by Crippen LogP contribution is -2.49. The lowest BCUT2D eigenvalue weighted by molar-refractivity contribution is -0.146. The van der Waals surface area contributed by atoms with E-state index in [9.17, 15) is 28.7 Å². The first kappa shape index (κ1) is 38.5. The zero-order valence-electron chi connectivity index (χ0n) is 30.0. The van der Waals surface area contributed by atoms with Gasteiger partial charge in [-0.3, -0.25) is 24.1 Å². The molecule has 2 aliphatic heterocycles. The fourth-order valence-electron chi connectivity index (χ4n) is 6.93. The third-order valence-corrected chi connectivity index (χ3v) is 9.54. The van der Waals surface area contributed by atoms with Crippen LogP contribution in [-0.2, 0) is 25.7 Å². The summed E-state index contributed by atoms with van der Waals surface area (Å²) in [5, 5.41) is 10.6. The number of carbonyl (C=O) groups is 4. The summed E-state index contributed by atoms with van der Waals surface area (Å²) in [6.45, 7) is 7.31. The summed E-state index contributed by atoms with van der Waals surface area (Å²) < 4.78 is 46.9. The van der Waals surface area contributed by atoms with Gasteiger partial charge in [0.2, 0.25) is 5.91 Å². The highest BCUT2D eigenvalue weighted by Gasteiger charge is 2.44. The number of likely N-dealkylation sites (tertiary alicyclic amines) is 1. The second-order valence-corrected chi connectivity index (χ2v) is 14.7. The van der Waals surface area contributed by atoms with Crippen molar-refractivity contribution in [1.29, 1.82) is 0 Å². The van der Waals surface area contributed by atoms with Crippen LogP contribution in [0.15, 0.2) is 66.9 Å². The zero-order chi connectivity index (χ0) is 37.7. The minimum Gasteiger partial charge on any atom is -0.384 e. The number of nitrogens with zero attached hydrogens (tertiary/aromatic N) is 5. The number of rotatable bonds is 14. The Balaban J connectivity index is 1.38. The summed E-state index contributed by atoms with van der Waals surface area (Å²) in [5.74, 6) is -3.34. The van der Waals surface area contributed by atoms with Crippen LogP contribution in [0.25, 0.3) is 11.3 Å². The van der Waals surface area contributed by atoms with Crippen LogP contribution in [0, 0.1) is 23.0 Å². The second-order valence-electron chi connectivity index (χ2n) is 14.7. The quantitative estimate of drug-likeness (QED) is 0.175. The van der Waals surface area contributed by atoms with Gasteiger partial charge in [0.05, 0.1) is 18.3 Å². The molecule has 4 atom stereocenters. The monoisotopic (exact) mass is 721 g/mol. The minimum atomic E-state index is -1.45. The Morgan fingerprint density at radius 3 is 2.35 bits per heavy atom. The lowest BCUT2D eigenvalue weighted by atomic mass is 9.84. The van der Waals surface area contributed by atoms with Crippen molar-refractivity contribution >= 4 is 23.6 Å². The molecule has 1 N–H and O–H groups in total. The van der Waals surface area contributed by atoms with Crippen LogP contribution in [0.2, 0.25) is 0 Å². The SMILES string of the molecule is C[C@H](O)C(=O)N(C[C@@H]1CN(C(=O)CCCCCN2C(=O)C=CC2=O)C[C@@H]1F)[C@@H](c1nc(-c2cc(F)ccc2F)cn1Cc1ccccc1)C(C)(C)C. The van der Waals surface area contributed by atoms with Crippen molar-refractivity contribution in [3.8, 4) is 11.3 Å². The molecule has 3 heterocycles. The summed E-state index contributed by atoms with van der Waals surface area (Å²) in [6, 6.07) is 11.7. The maximum atomic E-state index is 15.8. The molecule has 0 bridgehead atoms. The molecule has 5 rings (SSSR count). The molecule has 10 nitrogen and oxygen atoms in total. The molecule has 0 radical (unpaired) electrons. The van der Waals surface area contributed by atoms with E-state index in [1.54, 1.807) is 10.8 Å². The molecule has 4 amide bonds. The van der Waals surface area contributed by atoms with Gasteiger partial charge >= 0.3 is 0 Å². The third kappa shape index (κ3) is 8.98. The molecular formula is C39H46F3N5O5. The minimum absolute atomic E-state index is 0.0567. The summed E-state index contributed by atoms with van der Waals surface area (Å²) >= 11 is 0. The van der Waals surface area contributed by atoms with E-state index >= 15 is 8.78 Å². The van der Waals surface area contributed by atoms with Crippen LogP contribution < -0.4 is 0 Å². The van der Waals surface area contributed by atoms with Crippen molar-refractivity contribution in [3.05, 3.63) is 89.9 Å². The molecule has 0 aliphatic carbocycles. The molecule has 1 aromatic heterocycles. The molecule has 0 saturated carbocycles. The molecule has 2 aromatic carbocycles. The predicted octanol–water partition coefficient (Wildman–Crippen LogP) is 5.46. The highest BCUT2D eigenvalue weighted by molar-refractivity contribution is 6.12. The van der Waals surface area contributed by atoms with Crippen molar-refractivity contribution in [1.82, 2.24) is 24.3 Å². The van der Waals surface area contributed by atoms with Gasteiger partial charge in [0.15, 0.2) is 0 Å². The van der Waals surface area contributed by atoms with Crippen LogP contribution in [-0.4, -0.2) is 91.4 Å². The number of carbonyl (C=O) groups excluding carboxylic acids is 4. The first-order chi connectivity index (χ1) is 24.6. The predicted molar refractivity (Wildman–Crippen MR) is 188 cm³/mol. The van der Waals surface area contributed by atoms with Gasteiger partial charge in [-0.1, -0.05) is 57.5 Å². The largest absolute Gasteiger partial charge is 0.384 e. The summed E-state index contributed by atoms with van der Waals surface area (Å²) in [4.78, 5) is 59.4. The molecule has 1 saturated heterocycles. The molecule has 2 aliphatic rings. The van der Waals surface area contributed by atoms with Crippen molar-refractivity contribution < 1.29 is 37.5 Å². The number of halogens is 3. The fraction of sp³-hybridized carbons (Fsp3) is 0.462. The number of hydrogen-bond acceptors (Lipinski definition) is 6. The van der Waals surface area contributed by atoms with E-state index in [2.05, 4.69) is 0 Å². The van der Waals surface area contributed by atoms with E-state index < -0.39 is 47.2 Å². The number of imidazole rings is 1. The Labute approximate surface area is 301 Å². The summed E-state index contributed by atoms with van der Waals surface area (Å²) in [7, 11) is 0. The van der Waals surface area contributed by atoms with Gasteiger partial charge in [-0.05, 0) is 48.9 Å². The van der Waals surface area contributed by atoms with Gasteiger partial charge in [-0.15, -0.1) is 0 Å². The van der Waals surface area contributed by atoms with Crippen LogP contribution in [0.3, 0.4) is 0 Å². The first-order valence-electron chi connectivity index (χ1n) is 17.6. The molecule has 278 valence electrons. The number of amides is 4. The molecule has 3 aromatic rings. The van der Waals surface area contributed by atoms with E-state index in [-0.39, 0.29) is 68.1 Å². The Morgan fingerprint density at radius 1 is 1.00 bits per heavy atom. The van der Waals surface area contributed by atoms with Crippen molar-refractivity contribution in [2.24, 2.45) is 11.3 Å². The van der Waals surface area contributed by atoms with Gasteiger partial charge in [-0.2, -0.15) is 0 Å². The molecule has 0 unspecified atom stereocenters. The topological polar surface area (TPSA) is 116 Å². The third-order valence-electron chi connectivity index (χ3n) is 9.54. The van der Waals surface area contributed by atoms with Crippen LogP contribution in [0.5, 0.6) is 0 Å². The van der Waals surface area contributed by atoms with E-state index in [1.807, 2.05) is 51.1 Å². The van der Waals surface area contributed by atoms with Gasteiger partial charge in [-0.25, -0.2) is 18.2 Å². The Hall–Kier alpha value is -4.78. The fourth-order valence-corrected chi connectivity index (χ4v) is 6.93. The first-order valence-corrected chi connectivity index (χ1v) is 17.6. The van der Waals surface area contributed by atoms with E-state index in [0.717, 1.165) is 28.7 Å². The average molecular weight is 722 g/mol. The highest BCUT2D eigenvalue weighted by atomic mass is 19.1. The smallest absolute Gasteiger partial charge is 0.253 e. The number of benzene rings is 2. The number of hydrogen-bond donors (Lipinski definition) is 1. The lowest BCUT2D eigenvalue weighted by Gasteiger charge is -2.41. The zero-order valence-corrected chi connectivity index (χ0v) is 30.0. The Bertz CT molecular complexity index is 1790. The van der Waals surface area contributed by atoms with Gasteiger partial charge in [0, 0.05) is 62.4 Å². The number of alkyl halides is 1. The number of aliphatic hydroxyl groups excluding tert-OH is 1. The molecular weight excluding hydrogens is 675 g/mol. The van der Waals surface area contributed by atoms with Crippen molar-refractivity contribution in [2.75, 3.05) is 26.2 Å². The van der Waals surface area contributed by atoms with E-state index in [4.69, 9.17) is 4.98 Å². The molecule has 52 heavy (non-hydrogen) atoms. The Morgan fingerprint density at radius 2 is 1.69 bits per heavy atom. The van der Waals surface area contributed by atoms with E-state index in [1.165, 1.54) is 28.9 Å². The number of unbranched alkanes of at least 4 members (excludes halogenated alkanes) is 2. The van der Waals surface area contributed by atoms with Gasteiger partial charge < -0.3 is 19.5 Å². The summed E-state index contributed by atoms with van der Waals surface area (Å²) in [5.41, 5.74) is 0.232. The van der Waals surface area contributed by atoms with Crippen LogP contribution in [0.1, 0.15) is 70.8 Å². The number of imide groups is 1. The number of aromatic nitrogens is 2. The Kier molecular flexibility index (Phi) is 12.0. The molecule has 13 heteroatoms. The average Bonchev–Trinajstić information content (AvgIpc) is 3.77. The second kappa shape index (κ2) is 16.3. The molecule has 1 fully saturated rings. The van der Waals surface area contributed by atoms with Crippen molar-refractivity contribution in [3.63, 3.8) is 0 Å². The normalized spacial score (nSPS) is 18.7. The summed E-state index contributed by atoms with van der Waals surface area (Å²) in [6.07, 6.45) is 2.97. The standard InChI is InChI=1S/C39H46F3N5O5/c1-25(48)38(52)47(22-27-21-44(23-31(27)42)33(49)13-9-6-10-18-46-34(50)16-17-35(46)51)36(39(2,3)4)37-43-32(29-19-28(40)14-15-30(29)41)24-45(37)20-26-11-7-5-8-12-26/h5,7-8,11-12,14-17,19,24-25,27,31,36,48H,6,9-10,13,18,20-23H2,1-4H3/t25-,27-,31-,36-/m0/s1. The van der Waals surface area contributed by atoms with Crippen molar-refractivity contribution in [2.45, 2.75) is 78.2 Å². The van der Waals surface area contributed by atoms with Gasteiger partial charge in [0.25, 0.3) is 17.7 Å². The molecule has 0 spiro atoms. The maximum Gasteiger partial charge on any atom is 0.253 e.